The SMILES string of the molecule is CN1CCN(c2ccc(Br)cc2CN)C(C)(C)C1=O. The summed E-state index contributed by atoms with van der Waals surface area (Å²) in [5.74, 6) is 0.143. The predicted molar refractivity (Wildman–Crippen MR) is 81.1 cm³/mol. The third-order valence-corrected chi connectivity index (χ3v) is 4.25. The highest BCUT2D eigenvalue weighted by Crippen LogP contribution is 2.32. The number of anilines is 1. The van der Waals surface area contributed by atoms with E-state index < -0.39 is 5.54 Å². The fourth-order valence-corrected chi connectivity index (χ4v) is 3.02. The third kappa shape index (κ3) is 2.49. The third-order valence-electron chi connectivity index (χ3n) is 3.76. The number of carbonyl (C=O) groups excluding carboxylic acids is 1. The molecule has 1 saturated heterocycles. The van der Waals surface area contributed by atoms with E-state index in [1.54, 1.807) is 4.90 Å². The number of nitrogens with zero attached hydrogens (tertiary/aromatic N) is 2. The molecule has 0 spiro atoms. The van der Waals surface area contributed by atoms with Gasteiger partial charge in [0.25, 0.3) is 0 Å². The van der Waals surface area contributed by atoms with Gasteiger partial charge in [0.1, 0.15) is 5.54 Å². The lowest BCUT2D eigenvalue weighted by Gasteiger charge is -2.46. The molecule has 1 aliphatic rings. The predicted octanol–water partition coefficient (Wildman–Crippen LogP) is 1.96. The summed E-state index contributed by atoms with van der Waals surface area (Å²) < 4.78 is 1.01. The van der Waals surface area contributed by atoms with Crippen LogP contribution < -0.4 is 10.6 Å². The van der Waals surface area contributed by atoms with E-state index in [0.717, 1.165) is 28.8 Å². The Morgan fingerprint density at radius 2 is 2.05 bits per heavy atom. The fourth-order valence-electron chi connectivity index (χ4n) is 2.62. The number of likely N-dealkylation sites (N-methyl/N-ethyl adjacent to an activating group) is 1. The molecule has 19 heavy (non-hydrogen) atoms. The van der Waals surface area contributed by atoms with Gasteiger partial charge in [0.05, 0.1) is 0 Å². The molecule has 104 valence electrons. The Morgan fingerprint density at radius 3 is 2.68 bits per heavy atom. The Kier molecular flexibility index (Phi) is 3.87. The van der Waals surface area contributed by atoms with Crippen LogP contribution in [0.3, 0.4) is 0 Å². The van der Waals surface area contributed by atoms with Gasteiger partial charge in [-0.05, 0) is 37.6 Å². The largest absolute Gasteiger partial charge is 0.355 e. The Bertz CT molecular complexity index is 501. The molecule has 1 heterocycles. The number of halogens is 1. The highest BCUT2D eigenvalue weighted by molar-refractivity contribution is 9.10. The van der Waals surface area contributed by atoms with Gasteiger partial charge in [-0.25, -0.2) is 0 Å². The molecular weight excluding hydrogens is 306 g/mol. The van der Waals surface area contributed by atoms with Gasteiger partial charge in [-0.1, -0.05) is 15.9 Å². The summed E-state index contributed by atoms with van der Waals surface area (Å²) in [7, 11) is 1.85. The molecule has 0 aromatic heterocycles. The smallest absolute Gasteiger partial charge is 0.247 e. The average molecular weight is 326 g/mol. The summed E-state index contributed by atoms with van der Waals surface area (Å²) in [4.78, 5) is 16.3. The molecule has 2 rings (SSSR count). The Morgan fingerprint density at radius 1 is 1.37 bits per heavy atom. The molecule has 0 bridgehead atoms. The van der Waals surface area contributed by atoms with Crippen molar-refractivity contribution in [3.05, 3.63) is 28.2 Å². The maximum absolute atomic E-state index is 12.3. The van der Waals surface area contributed by atoms with E-state index in [-0.39, 0.29) is 5.91 Å². The second kappa shape index (κ2) is 5.13. The van der Waals surface area contributed by atoms with Crippen LogP contribution in [0.1, 0.15) is 19.4 Å². The van der Waals surface area contributed by atoms with Gasteiger partial charge in [0, 0.05) is 36.8 Å². The van der Waals surface area contributed by atoms with Gasteiger partial charge in [-0.15, -0.1) is 0 Å². The van der Waals surface area contributed by atoms with Crippen molar-refractivity contribution >= 4 is 27.5 Å². The van der Waals surface area contributed by atoms with E-state index in [1.807, 2.05) is 39.1 Å². The Labute approximate surface area is 122 Å². The van der Waals surface area contributed by atoms with E-state index in [2.05, 4.69) is 20.8 Å². The molecule has 0 unspecified atom stereocenters. The minimum Gasteiger partial charge on any atom is -0.355 e. The van der Waals surface area contributed by atoms with Crippen molar-refractivity contribution < 1.29 is 4.79 Å². The van der Waals surface area contributed by atoms with Crippen LogP contribution in [0.15, 0.2) is 22.7 Å². The number of piperazine rings is 1. The first-order valence-corrected chi connectivity index (χ1v) is 7.19. The second-order valence-corrected chi connectivity index (χ2v) is 6.33. The minimum atomic E-state index is -0.537. The summed E-state index contributed by atoms with van der Waals surface area (Å²) in [5.41, 5.74) is 7.41. The summed E-state index contributed by atoms with van der Waals surface area (Å²) in [5, 5.41) is 0. The van der Waals surface area contributed by atoms with Gasteiger partial charge in [0.15, 0.2) is 0 Å². The number of amides is 1. The van der Waals surface area contributed by atoms with E-state index in [9.17, 15) is 4.79 Å². The molecule has 4 nitrogen and oxygen atoms in total. The second-order valence-electron chi connectivity index (χ2n) is 5.41. The number of hydrogen-bond donors (Lipinski definition) is 1. The highest BCUT2D eigenvalue weighted by Gasteiger charge is 2.41. The first-order chi connectivity index (χ1) is 8.87. The van der Waals surface area contributed by atoms with Crippen LogP contribution in [0.25, 0.3) is 0 Å². The summed E-state index contributed by atoms with van der Waals surface area (Å²) >= 11 is 3.46. The molecule has 0 saturated carbocycles. The number of nitrogens with two attached hydrogens (primary N) is 1. The molecule has 1 aromatic rings. The summed E-state index contributed by atoms with van der Waals surface area (Å²) in [6, 6.07) is 6.05. The van der Waals surface area contributed by atoms with E-state index in [0.29, 0.717) is 6.54 Å². The fraction of sp³-hybridized carbons (Fsp3) is 0.500. The van der Waals surface area contributed by atoms with Crippen LogP contribution in [0.2, 0.25) is 0 Å². The number of hydrogen-bond acceptors (Lipinski definition) is 3. The summed E-state index contributed by atoms with van der Waals surface area (Å²) in [6.45, 7) is 5.96. The maximum atomic E-state index is 12.3. The average Bonchev–Trinajstić information content (AvgIpc) is 2.37. The zero-order valence-electron chi connectivity index (χ0n) is 11.6. The van der Waals surface area contributed by atoms with Gasteiger partial charge >= 0.3 is 0 Å². The van der Waals surface area contributed by atoms with Crippen LogP contribution in [0, 0.1) is 0 Å². The van der Waals surface area contributed by atoms with Crippen LogP contribution in [-0.2, 0) is 11.3 Å². The van der Waals surface area contributed by atoms with Gasteiger partial charge in [0.2, 0.25) is 5.91 Å². The zero-order valence-corrected chi connectivity index (χ0v) is 13.2. The van der Waals surface area contributed by atoms with Crippen molar-refractivity contribution in [2.24, 2.45) is 5.73 Å². The van der Waals surface area contributed by atoms with E-state index in [1.165, 1.54) is 0 Å². The normalized spacial score (nSPS) is 18.9. The number of rotatable bonds is 2. The number of carbonyl (C=O) groups is 1. The Balaban J connectivity index is 2.44. The molecule has 0 atom stereocenters. The molecule has 1 amide bonds. The quantitative estimate of drug-likeness (QED) is 0.904. The maximum Gasteiger partial charge on any atom is 0.247 e. The van der Waals surface area contributed by atoms with Crippen molar-refractivity contribution in [1.82, 2.24) is 4.90 Å². The molecule has 1 fully saturated rings. The lowest BCUT2D eigenvalue weighted by molar-refractivity contribution is -0.136. The molecule has 1 aromatic carbocycles. The molecule has 2 N–H and O–H groups in total. The van der Waals surface area contributed by atoms with Crippen molar-refractivity contribution in [2.45, 2.75) is 25.9 Å². The van der Waals surface area contributed by atoms with Crippen LogP contribution in [-0.4, -0.2) is 36.5 Å². The first-order valence-electron chi connectivity index (χ1n) is 6.39. The Hall–Kier alpha value is -1.07. The highest BCUT2D eigenvalue weighted by atomic mass is 79.9. The van der Waals surface area contributed by atoms with Gasteiger partial charge in [-0.3, -0.25) is 4.79 Å². The monoisotopic (exact) mass is 325 g/mol. The molecule has 1 aliphatic heterocycles. The summed E-state index contributed by atoms with van der Waals surface area (Å²) in [6.07, 6.45) is 0. The number of benzene rings is 1. The van der Waals surface area contributed by atoms with Gasteiger partial charge in [-0.2, -0.15) is 0 Å². The topological polar surface area (TPSA) is 49.6 Å². The van der Waals surface area contributed by atoms with Crippen molar-refractivity contribution in [2.75, 3.05) is 25.0 Å². The lowest BCUT2D eigenvalue weighted by atomic mass is 9.95. The van der Waals surface area contributed by atoms with E-state index in [4.69, 9.17) is 5.73 Å². The van der Waals surface area contributed by atoms with E-state index >= 15 is 0 Å². The van der Waals surface area contributed by atoms with Gasteiger partial charge < -0.3 is 15.5 Å². The molecular formula is C14H20BrN3O. The lowest BCUT2D eigenvalue weighted by Crippen LogP contribution is -2.62. The van der Waals surface area contributed by atoms with Crippen LogP contribution in [0.5, 0.6) is 0 Å². The van der Waals surface area contributed by atoms with Crippen molar-refractivity contribution in [3.8, 4) is 0 Å². The molecule has 0 radical (unpaired) electrons. The van der Waals surface area contributed by atoms with Crippen molar-refractivity contribution in [3.63, 3.8) is 0 Å². The minimum absolute atomic E-state index is 0.143. The standard InChI is InChI=1S/C14H20BrN3O/c1-14(2)13(19)17(3)6-7-18(14)12-5-4-11(15)8-10(12)9-16/h4-5,8H,6-7,9,16H2,1-3H3. The molecule has 0 aliphatic carbocycles. The van der Waals surface area contributed by atoms with Crippen LogP contribution >= 0.6 is 15.9 Å². The zero-order chi connectivity index (χ0) is 14.2. The molecule has 5 heteroatoms. The first kappa shape index (κ1) is 14.3. The van der Waals surface area contributed by atoms with Crippen LogP contribution in [0.4, 0.5) is 5.69 Å². The van der Waals surface area contributed by atoms with Crippen molar-refractivity contribution in [1.29, 1.82) is 0 Å².